The van der Waals surface area contributed by atoms with Gasteiger partial charge in [-0.1, -0.05) is 32.0 Å². The molecule has 0 aliphatic heterocycles. The number of carbonyl (C=O) groups is 2. The Bertz CT molecular complexity index is 810. The maximum Gasteiger partial charge on any atom is 0.270 e. The number of pyridine rings is 1. The molecule has 1 aromatic heterocycles. The monoisotopic (exact) mass is 337 g/mol. The molecule has 1 fully saturated rings. The van der Waals surface area contributed by atoms with Gasteiger partial charge in [0.05, 0.1) is 0 Å². The summed E-state index contributed by atoms with van der Waals surface area (Å²) in [5, 5.41) is 5.88. The fraction of sp³-hybridized carbons (Fsp3) is 0.350. The van der Waals surface area contributed by atoms with Crippen LogP contribution in [0.15, 0.2) is 36.5 Å². The Labute approximate surface area is 147 Å². The molecule has 25 heavy (non-hydrogen) atoms. The standard InChI is InChI=1S/C20H23N3O2/c1-12(2)16-6-4-5-13(3)18(16)23-19(24)14-9-10-21-17(11-14)20(25)22-15-7-8-15/h4-6,9-12,15H,7-8H2,1-3H3,(H,22,25)(H,23,24). The van der Waals surface area contributed by atoms with Gasteiger partial charge in [-0.15, -0.1) is 0 Å². The zero-order chi connectivity index (χ0) is 18.0. The van der Waals surface area contributed by atoms with Crippen LogP contribution < -0.4 is 10.6 Å². The van der Waals surface area contributed by atoms with Crippen molar-refractivity contribution < 1.29 is 9.59 Å². The molecule has 1 aliphatic rings. The molecule has 2 N–H and O–H groups in total. The molecule has 1 saturated carbocycles. The molecule has 0 spiro atoms. The first-order valence-electron chi connectivity index (χ1n) is 8.63. The molecule has 1 aliphatic carbocycles. The Morgan fingerprint density at radius 3 is 2.60 bits per heavy atom. The summed E-state index contributed by atoms with van der Waals surface area (Å²) in [5.41, 5.74) is 3.64. The van der Waals surface area contributed by atoms with Crippen molar-refractivity contribution in [3.05, 3.63) is 58.9 Å². The van der Waals surface area contributed by atoms with Crippen LogP contribution in [-0.4, -0.2) is 22.8 Å². The van der Waals surface area contributed by atoms with E-state index in [9.17, 15) is 9.59 Å². The minimum atomic E-state index is -0.237. The highest BCUT2D eigenvalue weighted by atomic mass is 16.2. The number of rotatable bonds is 5. The fourth-order valence-corrected chi connectivity index (χ4v) is 2.71. The van der Waals surface area contributed by atoms with Gasteiger partial charge in [-0.3, -0.25) is 14.6 Å². The molecule has 1 aromatic carbocycles. The smallest absolute Gasteiger partial charge is 0.270 e. The molecule has 5 heteroatoms. The number of nitrogens with one attached hydrogen (secondary N) is 2. The molecule has 0 saturated heterocycles. The van der Waals surface area contributed by atoms with Crippen molar-refractivity contribution in [2.24, 2.45) is 0 Å². The highest BCUT2D eigenvalue weighted by Crippen LogP contribution is 2.28. The van der Waals surface area contributed by atoms with Crippen LogP contribution in [0, 0.1) is 6.92 Å². The van der Waals surface area contributed by atoms with E-state index >= 15 is 0 Å². The Balaban J connectivity index is 1.81. The number of nitrogens with zero attached hydrogens (tertiary/aromatic N) is 1. The van der Waals surface area contributed by atoms with E-state index in [0.29, 0.717) is 11.5 Å². The minimum absolute atomic E-state index is 0.226. The van der Waals surface area contributed by atoms with Crippen LogP contribution >= 0.6 is 0 Å². The molecule has 0 bridgehead atoms. The Hall–Kier alpha value is -2.69. The number of hydrogen-bond acceptors (Lipinski definition) is 3. The zero-order valence-corrected chi connectivity index (χ0v) is 14.8. The first kappa shape index (κ1) is 17.1. The van der Waals surface area contributed by atoms with Crippen LogP contribution in [0.1, 0.15) is 64.6 Å². The van der Waals surface area contributed by atoms with E-state index in [4.69, 9.17) is 0 Å². The minimum Gasteiger partial charge on any atom is -0.348 e. The van der Waals surface area contributed by atoms with Gasteiger partial charge in [0, 0.05) is 23.5 Å². The number of aromatic nitrogens is 1. The fourth-order valence-electron chi connectivity index (χ4n) is 2.71. The third-order valence-electron chi connectivity index (χ3n) is 4.33. The molecule has 0 atom stereocenters. The highest BCUT2D eigenvalue weighted by Gasteiger charge is 2.24. The van der Waals surface area contributed by atoms with E-state index in [2.05, 4.69) is 29.5 Å². The number of aryl methyl sites for hydroxylation is 1. The SMILES string of the molecule is Cc1cccc(C(C)C)c1NC(=O)c1ccnc(C(=O)NC2CC2)c1. The van der Waals surface area contributed by atoms with Crippen molar-refractivity contribution in [1.29, 1.82) is 0 Å². The van der Waals surface area contributed by atoms with Crippen molar-refractivity contribution in [3.63, 3.8) is 0 Å². The number of amides is 2. The molecule has 2 aromatic rings. The van der Waals surface area contributed by atoms with Gasteiger partial charge in [-0.25, -0.2) is 0 Å². The lowest BCUT2D eigenvalue weighted by Gasteiger charge is -2.16. The van der Waals surface area contributed by atoms with Crippen molar-refractivity contribution in [1.82, 2.24) is 10.3 Å². The summed E-state index contributed by atoms with van der Waals surface area (Å²) in [4.78, 5) is 28.9. The van der Waals surface area contributed by atoms with E-state index < -0.39 is 0 Å². The molecule has 0 radical (unpaired) electrons. The van der Waals surface area contributed by atoms with Gasteiger partial charge < -0.3 is 10.6 Å². The van der Waals surface area contributed by atoms with E-state index in [1.807, 2.05) is 25.1 Å². The average molecular weight is 337 g/mol. The van der Waals surface area contributed by atoms with E-state index in [-0.39, 0.29) is 23.6 Å². The first-order valence-corrected chi connectivity index (χ1v) is 8.63. The predicted molar refractivity (Wildman–Crippen MR) is 97.9 cm³/mol. The number of hydrogen-bond donors (Lipinski definition) is 2. The lowest BCUT2D eigenvalue weighted by atomic mass is 9.98. The summed E-state index contributed by atoms with van der Waals surface area (Å²) >= 11 is 0. The zero-order valence-electron chi connectivity index (χ0n) is 14.8. The van der Waals surface area contributed by atoms with E-state index in [0.717, 1.165) is 29.7 Å². The van der Waals surface area contributed by atoms with Gasteiger partial charge in [-0.05, 0) is 48.9 Å². The largest absolute Gasteiger partial charge is 0.348 e. The van der Waals surface area contributed by atoms with E-state index in [1.165, 1.54) is 6.20 Å². The Morgan fingerprint density at radius 2 is 1.92 bits per heavy atom. The maximum atomic E-state index is 12.7. The summed E-state index contributed by atoms with van der Waals surface area (Å²) in [6.07, 6.45) is 3.52. The van der Waals surface area contributed by atoms with Crippen LogP contribution in [-0.2, 0) is 0 Å². The molecule has 2 amide bonds. The summed E-state index contributed by atoms with van der Waals surface area (Å²) in [7, 11) is 0. The molecular formula is C20H23N3O2. The average Bonchev–Trinajstić information content (AvgIpc) is 3.40. The number of para-hydroxylation sites is 1. The van der Waals surface area contributed by atoms with Crippen LogP contribution in [0.2, 0.25) is 0 Å². The second-order valence-electron chi connectivity index (χ2n) is 6.83. The number of benzene rings is 1. The molecule has 5 nitrogen and oxygen atoms in total. The van der Waals surface area contributed by atoms with Crippen LogP contribution in [0.3, 0.4) is 0 Å². The van der Waals surface area contributed by atoms with Crippen molar-refractivity contribution >= 4 is 17.5 Å². The summed E-state index contributed by atoms with van der Waals surface area (Å²) in [6, 6.07) is 9.41. The number of carbonyl (C=O) groups excluding carboxylic acids is 2. The summed E-state index contributed by atoms with van der Waals surface area (Å²) in [5.74, 6) is -0.164. The second kappa shape index (κ2) is 7.05. The highest BCUT2D eigenvalue weighted by molar-refractivity contribution is 6.06. The second-order valence-corrected chi connectivity index (χ2v) is 6.83. The maximum absolute atomic E-state index is 12.7. The van der Waals surface area contributed by atoms with Crippen molar-refractivity contribution in [3.8, 4) is 0 Å². The van der Waals surface area contributed by atoms with Crippen molar-refractivity contribution in [2.75, 3.05) is 5.32 Å². The van der Waals surface area contributed by atoms with Crippen LogP contribution in [0.4, 0.5) is 5.69 Å². The Morgan fingerprint density at radius 1 is 1.16 bits per heavy atom. The van der Waals surface area contributed by atoms with Gasteiger partial charge in [0.1, 0.15) is 5.69 Å². The third-order valence-corrected chi connectivity index (χ3v) is 4.33. The van der Waals surface area contributed by atoms with Crippen LogP contribution in [0.5, 0.6) is 0 Å². The predicted octanol–water partition coefficient (Wildman–Crippen LogP) is 3.66. The van der Waals surface area contributed by atoms with Gasteiger partial charge in [-0.2, -0.15) is 0 Å². The van der Waals surface area contributed by atoms with Gasteiger partial charge >= 0.3 is 0 Å². The summed E-state index contributed by atoms with van der Waals surface area (Å²) in [6.45, 7) is 6.16. The molecule has 130 valence electrons. The van der Waals surface area contributed by atoms with Crippen LogP contribution in [0.25, 0.3) is 0 Å². The lowest BCUT2D eigenvalue weighted by molar-refractivity contribution is 0.0946. The van der Waals surface area contributed by atoms with Gasteiger partial charge in [0.25, 0.3) is 11.8 Å². The number of anilines is 1. The topological polar surface area (TPSA) is 71.1 Å². The quantitative estimate of drug-likeness (QED) is 0.875. The normalized spacial score (nSPS) is 13.6. The van der Waals surface area contributed by atoms with E-state index in [1.54, 1.807) is 12.1 Å². The van der Waals surface area contributed by atoms with Gasteiger partial charge in [0.2, 0.25) is 0 Å². The molecule has 3 rings (SSSR count). The third kappa shape index (κ3) is 4.05. The summed E-state index contributed by atoms with van der Waals surface area (Å²) < 4.78 is 0. The molecule has 1 heterocycles. The molecular weight excluding hydrogens is 314 g/mol. The first-order chi connectivity index (χ1) is 12.0. The van der Waals surface area contributed by atoms with Crippen molar-refractivity contribution in [2.45, 2.75) is 45.6 Å². The van der Waals surface area contributed by atoms with Gasteiger partial charge in [0.15, 0.2) is 0 Å². The lowest BCUT2D eigenvalue weighted by Crippen LogP contribution is -2.26. The Kier molecular flexibility index (Phi) is 4.83. The molecule has 0 unspecified atom stereocenters.